The molecule has 1 N–H and O–H groups in total. The number of unbranched alkanes of at least 4 members (excludes halogenated alkanes) is 3. The maximum absolute atomic E-state index is 8.38. The van der Waals surface area contributed by atoms with Crippen LogP contribution in [0.4, 0.5) is 0 Å². The second-order valence-electron chi connectivity index (χ2n) is 3.91. The van der Waals surface area contributed by atoms with Gasteiger partial charge in [-0.05, 0) is 19.2 Å². The summed E-state index contributed by atoms with van der Waals surface area (Å²) < 4.78 is 4.49. The van der Waals surface area contributed by atoms with Crippen molar-refractivity contribution in [1.82, 2.24) is 0 Å². The van der Waals surface area contributed by atoms with Gasteiger partial charge in [-0.25, -0.2) is 0 Å². The molecular weight excluding hydrogens is 355 g/mol. The van der Waals surface area contributed by atoms with Gasteiger partial charge < -0.3 is 9.84 Å². The zero-order valence-electron chi connectivity index (χ0n) is 15.0. The van der Waals surface area contributed by atoms with Gasteiger partial charge in [-0.2, -0.15) is 0 Å². The van der Waals surface area contributed by atoms with Crippen molar-refractivity contribution in [1.29, 1.82) is 0 Å². The molecule has 0 aliphatic carbocycles. The summed E-state index contributed by atoms with van der Waals surface area (Å²) in [6.45, 7) is 18.4. The fourth-order valence-electron chi connectivity index (χ4n) is 0.188. The van der Waals surface area contributed by atoms with Crippen LogP contribution in [0, 0.1) is 0 Å². The van der Waals surface area contributed by atoms with Crippen molar-refractivity contribution in [2.45, 2.75) is 87.0 Å². The topological polar surface area (TPSA) is 29.5 Å². The molecule has 2 nitrogen and oxygen atoms in total. The number of hydrogen-bond acceptors (Lipinski definition) is 2. The SMILES string of the molecule is C=C=C(O)OCC.CCCC.CCCC.CCCC.[Sn]. The fraction of sp³-hybridized carbons (Fsp3) is 0.824. The predicted octanol–water partition coefficient (Wildman–Crippen LogP) is 6.25. The zero-order chi connectivity index (χ0) is 15.9. The second kappa shape index (κ2) is 42.8. The Labute approximate surface area is 145 Å². The second-order valence-corrected chi connectivity index (χ2v) is 3.91. The molecule has 0 spiro atoms. The number of aliphatic hydroxyl groups excluding tert-OH is 1. The van der Waals surface area contributed by atoms with Crippen LogP contribution in [0.3, 0.4) is 0 Å². The molecule has 20 heavy (non-hydrogen) atoms. The Morgan fingerprint density at radius 1 is 0.800 bits per heavy atom. The third kappa shape index (κ3) is 81.8. The first-order chi connectivity index (χ1) is 9.05. The third-order valence-electron chi connectivity index (χ3n) is 1.93. The van der Waals surface area contributed by atoms with E-state index in [1.54, 1.807) is 6.92 Å². The molecule has 0 bridgehead atoms. The summed E-state index contributed by atoms with van der Waals surface area (Å²) in [5, 5.41) is 8.38. The Kier molecular flexibility index (Phi) is 68.5. The maximum Gasteiger partial charge on any atom is 0.324 e. The summed E-state index contributed by atoms with van der Waals surface area (Å²) in [6, 6.07) is 0. The van der Waals surface area contributed by atoms with Crippen LogP contribution in [0.5, 0.6) is 0 Å². The molecule has 0 atom stereocenters. The fourth-order valence-corrected chi connectivity index (χ4v) is 0.188. The molecule has 0 aromatic rings. The molecule has 122 valence electrons. The van der Waals surface area contributed by atoms with Gasteiger partial charge in [-0.3, -0.25) is 0 Å². The molecule has 0 aromatic carbocycles. The molecule has 0 aliphatic rings. The Morgan fingerprint density at radius 2 is 1.05 bits per heavy atom. The molecule has 0 aliphatic heterocycles. The van der Waals surface area contributed by atoms with Gasteiger partial charge in [0.2, 0.25) is 0 Å². The monoisotopic (exact) mass is 394 g/mol. The van der Waals surface area contributed by atoms with E-state index < -0.39 is 0 Å². The first kappa shape index (κ1) is 32.0. The molecular formula is C17H38O2Sn. The van der Waals surface area contributed by atoms with Gasteiger partial charge in [0.25, 0.3) is 0 Å². The van der Waals surface area contributed by atoms with Gasteiger partial charge in [0.15, 0.2) is 0 Å². The molecule has 0 aromatic heterocycles. The molecule has 4 radical (unpaired) electrons. The Morgan fingerprint density at radius 3 is 1.10 bits per heavy atom. The average molecular weight is 393 g/mol. The molecule has 0 rings (SSSR count). The van der Waals surface area contributed by atoms with Crippen molar-refractivity contribution in [3.8, 4) is 0 Å². The summed E-state index contributed by atoms with van der Waals surface area (Å²) in [4.78, 5) is 0. The van der Waals surface area contributed by atoms with Crippen molar-refractivity contribution < 1.29 is 9.84 Å². The van der Waals surface area contributed by atoms with Gasteiger partial charge in [0.1, 0.15) is 0 Å². The van der Waals surface area contributed by atoms with Gasteiger partial charge in [0.05, 0.1) is 6.61 Å². The van der Waals surface area contributed by atoms with Crippen molar-refractivity contribution in [3.63, 3.8) is 0 Å². The van der Waals surface area contributed by atoms with E-state index in [1.807, 2.05) is 0 Å². The quantitative estimate of drug-likeness (QED) is 0.340. The minimum Gasteiger partial charge on any atom is -0.475 e. The molecule has 0 saturated heterocycles. The minimum atomic E-state index is -0.234. The van der Waals surface area contributed by atoms with E-state index in [2.05, 4.69) is 58.6 Å². The average Bonchev–Trinajstić information content (AvgIpc) is 2.48. The smallest absolute Gasteiger partial charge is 0.324 e. The first-order valence-corrected chi connectivity index (χ1v) is 7.77. The summed E-state index contributed by atoms with van der Waals surface area (Å²) in [5.74, 6) is -0.234. The zero-order valence-corrected chi connectivity index (χ0v) is 17.9. The van der Waals surface area contributed by atoms with E-state index in [0.29, 0.717) is 6.61 Å². The van der Waals surface area contributed by atoms with Gasteiger partial charge in [-0.15, -0.1) is 0 Å². The van der Waals surface area contributed by atoms with Crippen LogP contribution in [0.2, 0.25) is 0 Å². The van der Waals surface area contributed by atoms with E-state index in [4.69, 9.17) is 5.11 Å². The van der Waals surface area contributed by atoms with Crippen LogP contribution >= 0.6 is 0 Å². The van der Waals surface area contributed by atoms with Crippen LogP contribution in [-0.2, 0) is 4.74 Å². The molecule has 0 unspecified atom stereocenters. The summed E-state index contributed by atoms with van der Waals surface area (Å²) in [6.07, 6.45) is 7.92. The number of rotatable bonds is 5. The van der Waals surface area contributed by atoms with E-state index in [9.17, 15) is 0 Å². The largest absolute Gasteiger partial charge is 0.475 e. The van der Waals surface area contributed by atoms with E-state index in [1.165, 1.54) is 38.5 Å². The van der Waals surface area contributed by atoms with Gasteiger partial charge >= 0.3 is 5.95 Å². The molecule has 3 heteroatoms. The normalized spacial score (nSPS) is 6.95. The maximum atomic E-state index is 8.38. The first-order valence-electron chi connectivity index (χ1n) is 7.77. The molecule has 0 fully saturated rings. The molecule has 0 amide bonds. The van der Waals surface area contributed by atoms with Gasteiger partial charge in [0, 0.05) is 23.9 Å². The van der Waals surface area contributed by atoms with E-state index in [0.717, 1.165) is 0 Å². The van der Waals surface area contributed by atoms with Crippen LogP contribution in [0.1, 0.15) is 87.0 Å². The number of ether oxygens (including phenoxy) is 1. The van der Waals surface area contributed by atoms with Crippen LogP contribution in [0.25, 0.3) is 0 Å². The van der Waals surface area contributed by atoms with Crippen LogP contribution < -0.4 is 0 Å². The van der Waals surface area contributed by atoms with Crippen molar-refractivity contribution >= 4 is 23.9 Å². The van der Waals surface area contributed by atoms with Crippen molar-refractivity contribution in [2.24, 2.45) is 0 Å². The standard InChI is InChI=1S/C5H8O2.3C4H10.Sn/c1-3-5(6)7-4-2;3*1-3-4-2;/h6H,1,4H2,2H3;3*3-4H2,1-2H3;. The Balaban J connectivity index is -0.0000000512. The number of hydrogen-bond donors (Lipinski definition) is 1. The van der Waals surface area contributed by atoms with Crippen LogP contribution in [0.15, 0.2) is 18.3 Å². The van der Waals surface area contributed by atoms with E-state index in [-0.39, 0.29) is 29.9 Å². The number of aliphatic hydroxyl groups is 1. The molecule has 0 saturated carbocycles. The van der Waals surface area contributed by atoms with Crippen LogP contribution in [-0.4, -0.2) is 35.6 Å². The van der Waals surface area contributed by atoms with Crippen molar-refractivity contribution in [3.05, 3.63) is 18.3 Å². The summed E-state index contributed by atoms with van der Waals surface area (Å²) in [5.41, 5.74) is 2.17. The van der Waals surface area contributed by atoms with E-state index >= 15 is 0 Å². The Hall–Kier alpha value is -0.0813. The summed E-state index contributed by atoms with van der Waals surface area (Å²) in [7, 11) is 0. The van der Waals surface area contributed by atoms with Crippen molar-refractivity contribution in [2.75, 3.05) is 6.61 Å². The van der Waals surface area contributed by atoms with Gasteiger partial charge in [-0.1, -0.05) is 80.1 Å². The predicted molar refractivity (Wildman–Crippen MR) is 94.4 cm³/mol. The summed E-state index contributed by atoms with van der Waals surface area (Å²) >= 11 is 0. The molecule has 0 heterocycles. The third-order valence-corrected chi connectivity index (χ3v) is 1.93. The minimum absolute atomic E-state index is 0. The Bertz CT molecular complexity index is 149.